The monoisotopic (exact) mass is 340 g/mol. The fourth-order valence-corrected chi connectivity index (χ4v) is 2.23. The molecule has 100 valence electrons. The molecule has 19 heavy (non-hydrogen) atoms. The fourth-order valence-electron chi connectivity index (χ4n) is 1.71. The van der Waals surface area contributed by atoms with Crippen molar-refractivity contribution in [2.24, 2.45) is 0 Å². The number of ether oxygens (including phenoxy) is 1. The first-order chi connectivity index (χ1) is 9.01. The molecular formula is C14H14BrClN2O. The van der Waals surface area contributed by atoms with Gasteiger partial charge in [-0.15, -0.1) is 0 Å². The van der Waals surface area contributed by atoms with E-state index in [0.29, 0.717) is 16.5 Å². The first-order valence-corrected chi connectivity index (χ1v) is 6.84. The Bertz CT molecular complexity index is 617. The summed E-state index contributed by atoms with van der Waals surface area (Å²) in [4.78, 5) is 0. The average molecular weight is 342 g/mol. The highest BCUT2D eigenvalue weighted by atomic mass is 79.9. The Balaban J connectivity index is 2.42. The summed E-state index contributed by atoms with van der Waals surface area (Å²) in [6, 6.07) is 9.36. The van der Waals surface area contributed by atoms with E-state index < -0.39 is 0 Å². The largest absolute Gasteiger partial charge is 0.495 e. The fraction of sp³-hybridized carbons (Fsp3) is 0.143. The Kier molecular flexibility index (Phi) is 4.22. The van der Waals surface area contributed by atoms with Crippen LogP contribution in [0.25, 0.3) is 0 Å². The van der Waals surface area contributed by atoms with Gasteiger partial charge in [-0.25, -0.2) is 0 Å². The van der Waals surface area contributed by atoms with Crippen LogP contribution >= 0.6 is 27.5 Å². The van der Waals surface area contributed by atoms with Gasteiger partial charge in [0.15, 0.2) is 0 Å². The van der Waals surface area contributed by atoms with Gasteiger partial charge in [0, 0.05) is 15.6 Å². The molecule has 0 spiro atoms. The molecule has 0 aliphatic carbocycles. The minimum atomic E-state index is 0.665. The number of nitrogen functional groups attached to an aromatic ring is 1. The third-order valence-electron chi connectivity index (χ3n) is 2.77. The number of hydrogen-bond acceptors (Lipinski definition) is 3. The highest BCUT2D eigenvalue weighted by Crippen LogP contribution is 2.35. The number of halogens is 2. The first-order valence-electron chi connectivity index (χ1n) is 5.67. The van der Waals surface area contributed by atoms with E-state index in [-0.39, 0.29) is 0 Å². The van der Waals surface area contributed by atoms with Crippen LogP contribution < -0.4 is 15.8 Å². The van der Waals surface area contributed by atoms with E-state index in [1.807, 2.05) is 31.2 Å². The van der Waals surface area contributed by atoms with Gasteiger partial charge < -0.3 is 15.8 Å². The van der Waals surface area contributed by atoms with Gasteiger partial charge in [0.2, 0.25) is 0 Å². The number of nitrogens with one attached hydrogen (secondary N) is 1. The van der Waals surface area contributed by atoms with Crippen LogP contribution in [0.3, 0.4) is 0 Å². The van der Waals surface area contributed by atoms with Crippen molar-refractivity contribution in [3.05, 3.63) is 45.4 Å². The van der Waals surface area contributed by atoms with Gasteiger partial charge in [-0.2, -0.15) is 0 Å². The molecule has 0 fully saturated rings. The van der Waals surface area contributed by atoms with Crippen molar-refractivity contribution >= 4 is 44.6 Å². The zero-order chi connectivity index (χ0) is 14.0. The molecule has 0 saturated heterocycles. The maximum Gasteiger partial charge on any atom is 0.143 e. The summed E-state index contributed by atoms with van der Waals surface area (Å²) in [5, 5.41) is 3.93. The van der Waals surface area contributed by atoms with E-state index in [1.165, 1.54) is 0 Å². The number of aryl methyl sites for hydroxylation is 1. The molecule has 0 saturated carbocycles. The third-order valence-corrected chi connectivity index (χ3v) is 3.67. The molecular weight excluding hydrogens is 328 g/mol. The lowest BCUT2D eigenvalue weighted by atomic mass is 10.2. The van der Waals surface area contributed by atoms with Gasteiger partial charge in [-0.05, 0) is 36.8 Å². The molecule has 3 nitrogen and oxygen atoms in total. The molecule has 2 aromatic rings. The molecule has 0 bridgehead atoms. The second-order valence-electron chi connectivity index (χ2n) is 4.16. The number of methoxy groups -OCH3 is 1. The molecule has 3 N–H and O–H groups in total. The van der Waals surface area contributed by atoms with E-state index in [0.717, 1.165) is 21.4 Å². The summed E-state index contributed by atoms with van der Waals surface area (Å²) in [6.45, 7) is 1.94. The SMILES string of the molecule is COc1cc(Cl)c(C)cc1Nc1cc(Br)ccc1N. The zero-order valence-electron chi connectivity index (χ0n) is 10.6. The van der Waals surface area contributed by atoms with E-state index in [4.69, 9.17) is 22.1 Å². The van der Waals surface area contributed by atoms with E-state index in [1.54, 1.807) is 13.2 Å². The van der Waals surface area contributed by atoms with Crippen LogP contribution in [0.15, 0.2) is 34.8 Å². The lowest BCUT2D eigenvalue weighted by Crippen LogP contribution is -1.99. The molecule has 0 radical (unpaired) electrons. The second kappa shape index (κ2) is 5.72. The molecule has 0 aliphatic rings. The van der Waals surface area contributed by atoms with E-state index >= 15 is 0 Å². The summed E-state index contributed by atoms with van der Waals surface area (Å²) >= 11 is 9.51. The maximum absolute atomic E-state index is 6.08. The Morgan fingerprint density at radius 1 is 1.21 bits per heavy atom. The lowest BCUT2D eigenvalue weighted by Gasteiger charge is -2.14. The van der Waals surface area contributed by atoms with Crippen molar-refractivity contribution in [1.29, 1.82) is 0 Å². The third kappa shape index (κ3) is 3.14. The number of hydrogen-bond donors (Lipinski definition) is 2. The number of rotatable bonds is 3. The number of nitrogens with two attached hydrogens (primary N) is 1. The van der Waals surface area contributed by atoms with Gasteiger partial charge in [0.05, 0.1) is 24.2 Å². The summed E-state index contributed by atoms with van der Waals surface area (Å²) in [7, 11) is 1.61. The van der Waals surface area contributed by atoms with Gasteiger partial charge in [-0.3, -0.25) is 0 Å². The highest BCUT2D eigenvalue weighted by Gasteiger charge is 2.09. The number of anilines is 3. The normalized spacial score (nSPS) is 10.3. The van der Waals surface area contributed by atoms with Gasteiger partial charge in [0.1, 0.15) is 5.75 Å². The van der Waals surface area contributed by atoms with Crippen LogP contribution in [-0.4, -0.2) is 7.11 Å². The maximum atomic E-state index is 6.08. The molecule has 5 heteroatoms. The summed E-state index contributed by atoms with van der Waals surface area (Å²) in [5.41, 5.74) is 9.22. The second-order valence-corrected chi connectivity index (χ2v) is 5.48. The summed E-state index contributed by atoms with van der Waals surface area (Å²) in [5.74, 6) is 0.676. The highest BCUT2D eigenvalue weighted by molar-refractivity contribution is 9.10. The molecule has 0 heterocycles. The van der Waals surface area contributed by atoms with E-state index in [2.05, 4.69) is 21.2 Å². The van der Waals surface area contributed by atoms with Crippen molar-refractivity contribution in [3.8, 4) is 5.75 Å². The topological polar surface area (TPSA) is 47.3 Å². The summed E-state index contributed by atoms with van der Waals surface area (Å²) in [6.07, 6.45) is 0. The first kappa shape index (κ1) is 14.0. The van der Waals surface area contributed by atoms with Crippen molar-refractivity contribution < 1.29 is 4.74 Å². The Morgan fingerprint density at radius 2 is 1.95 bits per heavy atom. The predicted molar refractivity (Wildman–Crippen MR) is 84.6 cm³/mol. The van der Waals surface area contributed by atoms with Crippen LogP contribution in [0, 0.1) is 6.92 Å². The number of benzene rings is 2. The molecule has 0 aliphatic heterocycles. The standard InChI is InChI=1S/C14H14BrClN2O/c1-8-5-13(14(19-2)7-10(8)16)18-12-6-9(15)3-4-11(12)17/h3-7,18H,17H2,1-2H3. The van der Waals surface area contributed by atoms with Crippen molar-refractivity contribution in [3.63, 3.8) is 0 Å². The van der Waals surface area contributed by atoms with Crippen molar-refractivity contribution in [2.75, 3.05) is 18.2 Å². The quantitative estimate of drug-likeness (QED) is 0.792. The molecule has 0 amide bonds. The minimum absolute atomic E-state index is 0.665. The van der Waals surface area contributed by atoms with E-state index in [9.17, 15) is 0 Å². The average Bonchev–Trinajstić information content (AvgIpc) is 2.38. The van der Waals surface area contributed by atoms with Crippen LogP contribution in [0.5, 0.6) is 5.75 Å². The Hall–Kier alpha value is -1.39. The summed E-state index contributed by atoms with van der Waals surface area (Å²) < 4.78 is 6.28. The lowest BCUT2D eigenvalue weighted by molar-refractivity contribution is 0.417. The van der Waals surface area contributed by atoms with Gasteiger partial charge in [0.25, 0.3) is 0 Å². The zero-order valence-corrected chi connectivity index (χ0v) is 13.0. The van der Waals surface area contributed by atoms with Crippen molar-refractivity contribution in [2.45, 2.75) is 6.92 Å². The molecule has 2 aromatic carbocycles. The minimum Gasteiger partial charge on any atom is -0.495 e. The Morgan fingerprint density at radius 3 is 2.63 bits per heavy atom. The molecule has 2 rings (SSSR count). The van der Waals surface area contributed by atoms with Crippen LogP contribution in [0.2, 0.25) is 5.02 Å². The predicted octanol–water partition coefficient (Wildman–Crippen LogP) is 4.75. The Labute approximate surface area is 125 Å². The van der Waals surface area contributed by atoms with Crippen LogP contribution in [-0.2, 0) is 0 Å². The van der Waals surface area contributed by atoms with Crippen LogP contribution in [0.1, 0.15) is 5.56 Å². The molecule has 0 aromatic heterocycles. The van der Waals surface area contributed by atoms with Gasteiger partial charge in [-0.1, -0.05) is 27.5 Å². The van der Waals surface area contributed by atoms with Crippen LogP contribution in [0.4, 0.5) is 17.1 Å². The molecule has 0 atom stereocenters. The van der Waals surface area contributed by atoms with Gasteiger partial charge >= 0.3 is 0 Å². The van der Waals surface area contributed by atoms with Crippen molar-refractivity contribution in [1.82, 2.24) is 0 Å². The molecule has 0 unspecified atom stereocenters. The smallest absolute Gasteiger partial charge is 0.143 e.